The highest BCUT2D eigenvalue weighted by atomic mass is 19.4. The third-order valence-electron chi connectivity index (χ3n) is 3.45. The van der Waals surface area contributed by atoms with Crippen LogP contribution < -0.4 is 5.32 Å². The second-order valence-corrected chi connectivity index (χ2v) is 5.19. The zero-order valence-electron chi connectivity index (χ0n) is 11.3. The Bertz CT molecular complexity index is 490. The molecule has 1 aliphatic heterocycles. The maximum atomic E-state index is 12.3. The SMILES string of the molecule is O=[N+]([O-])c1ccc(NCC2CCN(CC(F)(F)F)C2)cc1. The van der Waals surface area contributed by atoms with Gasteiger partial charge in [-0.15, -0.1) is 0 Å². The molecule has 0 bridgehead atoms. The third-order valence-corrected chi connectivity index (χ3v) is 3.45. The molecule has 1 heterocycles. The van der Waals surface area contributed by atoms with Crippen LogP contribution in [0.2, 0.25) is 0 Å². The van der Waals surface area contributed by atoms with E-state index in [-0.39, 0.29) is 11.6 Å². The van der Waals surface area contributed by atoms with Gasteiger partial charge in [-0.1, -0.05) is 0 Å². The summed E-state index contributed by atoms with van der Waals surface area (Å²) in [5, 5.41) is 13.6. The highest BCUT2D eigenvalue weighted by molar-refractivity contribution is 5.48. The summed E-state index contributed by atoms with van der Waals surface area (Å²) in [4.78, 5) is 11.4. The number of hydrogen-bond donors (Lipinski definition) is 1. The van der Waals surface area contributed by atoms with Crippen LogP contribution in [-0.4, -0.2) is 42.2 Å². The van der Waals surface area contributed by atoms with Gasteiger partial charge in [-0.2, -0.15) is 13.2 Å². The number of anilines is 1. The van der Waals surface area contributed by atoms with Crippen LogP contribution in [0.25, 0.3) is 0 Å². The first-order valence-electron chi connectivity index (χ1n) is 6.61. The highest BCUT2D eigenvalue weighted by Gasteiger charge is 2.34. The smallest absolute Gasteiger partial charge is 0.385 e. The number of hydrogen-bond acceptors (Lipinski definition) is 4. The fourth-order valence-electron chi connectivity index (χ4n) is 2.44. The Hall–Kier alpha value is -1.83. The van der Waals surface area contributed by atoms with Crippen molar-refractivity contribution in [1.29, 1.82) is 0 Å². The Labute approximate surface area is 119 Å². The van der Waals surface area contributed by atoms with Gasteiger partial charge in [0.05, 0.1) is 11.5 Å². The van der Waals surface area contributed by atoms with Crippen molar-refractivity contribution in [3.63, 3.8) is 0 Å². The molecule has 1 N–H and O–H groups in total. The molecule has 1 atom stereocenters. The predicted octanol–water partition coefficient (Wildman–Crippen LogP) is 2.89. The number of nitro benzene ring substituents is 1. The summed E-state index contributed by atoms with van der Waals surface area (Å²) >= 11 is 0. The molecule has 116 valence electrons. The largest absolute Gasteiger partial charge is 0.401 e. The van der Waals surface area contributed by atoms with Crippen LogP contribution in [0.4, 0.5) is 24.5 Å². The number of halogens is 3. The van der Waals surface area contributed by atoms with E-state index in [9.17, 15) is 23.3 Å². The van der Waals surface area contributed by atoms with Crippen LogP contribution in [-0.2, 0) is 0 Å². The summed E-state index contributed by atoms with van der Waals surface area (Å²) in [5.41, 5.74) is 0.743. The van der Waals surface area contributed by atoms with E-state index in [1.54, 1.807) is 12.1 Å². The van der Waals surface area contributed by atoms with Crippen molar-refractivity contribution in [2.75, 3.05) is 31.5 Å². The molecule has 0 spiro atoms. The molecule has 1 aromatic carbocycles. The number of alkyl halides is 3. The van der Waals surface area contributed by atoms with Crippen LogP contribution >= 0.6 is 0 Å². The van der Waals surface area contributed by atoms with E-state index < -0.39 is 17.6 Å². The van der Waals surface area contributed by atoms with Gasteiger partial charge in [0.15, 0.2) is 0 Å². The number of non-ortho nitro benzene ring substituents is 1. The quantitative estimate of drug-likeness (QED) is 0.671. The Balaban J connectivity index is 1.78. The molecular formula is C13H16F3N3O2. The minimum Gasteiger partial charge on any atom is -0.385 e. The van der Waals surface area contributed by atoms with Gasteiger partial charge < -0.3 is 5.32 Å². The number of rotatable bonds is 5. The second-order valence-electron chi connectivity index (χ2n) is 5.19. The molecule has 21 heavy (non-hydrogen) atoms. The van der Waals surface area contributed by atoms with E-state index in [0.717, 1.165) is 12.1 Å². The Morgan fingerprint density at radius 1 is 1.33 bits per heavy atom. The van der Waals surface area contributed by atoms with Crippen LogP contribution in [0, 0.1) is 16.0 Å². The topological polar surface area (TPSA) is 58.4 Å². The number of likely N-dealkylation sites (tertiary alicyclic amines) is 1. The van der Waals surface area contributed by atoms with Crippen molar-refractivity contribution in [2.45, 2.75) is 12.6 Å². The lowest BCUT2D eigenvalue weighted by atomic mass is 10.1. The zero-order chi connectivity index (χ0) is 15.5. The summed E-state index contributed by atoms with van der Waals surface area (Å²) in [7, 11) is 0. The van der Waals surface area contributed by atoms with Crippen molar-refractivity contribution in [1.82, 2.24) is 4.90 Å². The molecular weight excluding hydrogens is 287 g/mol. The van der Waals surface area contributed by atoms with E-state index in [1.165, 1.54) is 17.0 Å². The van der Waals surface area contributed by atoms with Crippen molar-refractivity contribution < 1.29 is 18.1 Å². The minimum atomic E-state index is -4.15. The van der Waals surface area contributed by atoms with Crippen molar-refractivity contribution >= 4 is 11.4 Å². The first kappa shape index (κ1) is 15.6. The Kier molecular flexibility index (Phi) is 4.66. The highest BCUT2D eigenvalue weighted by Crippen LogP contribution is 2.23. The fraction of sp³-hybridized carbons (Fsp3) is 0.538. The average Bonchev–Trinajstić information content (AvgIpc) is 2.82. The lowest BCUT2D eigenvalue weighted by Crippen LogP contribution is -2.33. The molecule has 0 radical (unpaired) electrons. The number of nitrogens with zero attached hydrogens (tertiary/aromatic N) is 2. The normalized spacial score (nSPS) is 19.7. The van der Waals surface area contributed by atoms with E-state index in [4.69, 9.17) is 0 Å². The van der Waals surface area contributed by atoms with Gasteiger partial charge in [0.25, 0.3) is 5.69 Å². The first-order valence-corrected chi connectivity index (χ1v) is 6.61. The summed E-state index contributed by atoms with van der Waals surface area (Å²) in [6.07, 6.45) is -3.43. The van der Waals surface area contributed by atoms with Crippen molar-refractivity contribution in [3.05, 3.63) is 34.4 Å². The molecule has 0 saturated carbocycles. The molecule has 2 rings (SSSR count). The maximum Gasteiger partial charge on any atom is 0.401 e. The van der Waals surface area contributed by atoms with Crippen LogP contribution in [0.3, 0.4) is 0 Å². The molecule has 1 unspecified atom stereocenters. The second kappa shape index (κ2) is 6.30. The number of nitrogens with one attached hydrogen (secondary N) is 1. The van der Waals surface area contributed by atoms with Crippen molar-refractivity contribution in [2.24, 2.45) is 5.92 Å². The van der Waals surface area contributed by atoms with Gasteiger partial charge >= 0.3 is 6.18 Å². The molecule has 1 fully saturated rings. The van der Waals surface area contributed by atoms with E-state index >= 15 is 0 Å². The molecule has 5 nitrogen and oxygen atoms in total. The molecule has 0 amide bonds. The van der Waals surface area contributed by atoms with Crippen LogP contribution in [0.5, 0.6) is 0 Å². The van der Waals surface area contributed by atoms with Gasteiger partial charge in [-0.3, -0.25) is 15.0 Å². The molecule has 1 saturated heterocycles. The molecule has 1 aromatic rings. The zero-order valence-corrected chi connectivity index (χ0v) is 11.3. The minimum absolute atomic E-state index is 0.0118. The monoisotopic (exact) mass is 303 g/mol. The van der Waals surface area contributed by atoms with E-state index in [0.29, 0.717) is 19.6 Å². The lowest BCUT2D eigenvalue weighted by molar-refractivity contribution is -0.384. The van der Waals surface area contributed by atoms with Gasteiger partial charge in [0, 0.05) is 30.9 Å². The third kappa shape index (κ3) is 4.89. The number of nitro groups is 1. The predicted molar refractivity (Wildman–Crippen MR) is 72.2 cm³/mol. The van der Waals surface area contributed by atoms with Gasteiger partial charge in [-0.25, -0.2) is 0 Å². The lowest BCUT2D eigenvalue weighted by Gasteiger charge is -2.18. The van der Waals surface area contributed by atoms with Crippen LogP contribution in [0.1, 0.15) is 6.42 Å². The van der Waals surface area contributed by atoms with Gasteiger partial charge in [0.2, 0.25) is 0 Å². The van der Waals surface area contributed by atoms with E-state index in [2.05, 4.69) is 5.32 Å². The van der Waals surface area contributed by atoms with E-state index in [1.807, 2.05) is 0 Å². The average molecular weight is 303 g/mol. The molecule has 8 heteroatoms. The number of benzene rings is 1. The summed E-state index contributed by atoms with van der Waals surface area (Å²) < 4.78 is 36.8. The summed E-state index contributed by atoms with van der Waals surface area (Å²) in [5.74, 6) is 0.155. The molecule has 0 aromatic heterocycles. The van der Waals surface area contributed by atoms with Crippen molar-refractivity contribution in [3.8, 4) is 0 Å². The summed E-state index contributed by atoms with van der Waals surface area (Å²) in [6, 6.07) is 5.99. The summed E-state index contributed by atoms with van der Waals surface area (Å²) in [6.45, 7) is 0.568. The fourth-order valence-corrected chi connectivity index (χ4v) is 2.44. The maximum absolute atomic E-state index is 12.3. The first-order chi connectivity index (χ1) is 9.83. The molecule has 0 aliphatic carbocycles. The Morgan fingerprint density at radius 2 is 2.00 bits per heavy atom. The van der Waals surface area contributed by atoms with Crippen LogP contribution in [0.15, 0.2) is 24.3 Å². The standard InChI is InChI=1S/C13H16F3N3O2/c14-13(15,16)9-18-6-5-10(8-18)7-17-11-1-3-12(4-2-11)19(20)21/h1-4,10,17H,5-9H2. The van der Waals surface area contributed by atoms with Gasteiger partial charge in [0.1, 0.15) is 0 Å². The Morgan fingerprint density at radius 3 is 2.57 bits per heavy atom. The molecule has 1 aliphatic rings. The van der Waals surface area contributed by atoms with Gasteiger partial charge in [-0.05, 0) is 31.0 Å².